The number of hydrogen-bond acceptors (Lipinski definition) is 4. The molecule has 8 heteroatoms. The van der Waals surface area contributed by atoms with E-state index in [4.69, 9.17) is 0 Å². The number of carbonyl (C=O) groups excluding carboxylic acids is 2. The van der Waals surface area contributed by atoms with E-state index in [-0.39, 0.29) is 22.3 Å². The highest BCUT2D eigenvalue weighted by molar-refractivity contribution is 7.89. The average Bonchev–Trinajstić information content (AvgIpc) is 2.77. The average molecular weight is 446 g/mol. The van der Waals surface area contributed by atoms with Crippen LogP contribution in [0, 0.1) is 5.92 Å². The zero-order valence-electron chi connectivity index (χ0n) is 18.5. The van der Waals surface area contributed by atoms with Gasteiger partial charge in [-0.3, -0.25) is 9.59 Å². The van der Waals surface area contributed by atoms with Crippen LogP contribution in [0.4, 0.5) is 0 Å². The van der Waals surface area contributed by atoms with Gasteiger partial charge in [0.25, 0.3) is 5.91 Å². The topological polar surface area (TPSA) is 95.6 Å². The van der Waals surface area contributed by atoms with Gasteiger partial charge in [-0.05, 0) is 29.7 Å². The molecule has 0 unspecified atom stereocenters. The number of amides is 2. The molecular formula is C23H31N3O4S. The summed E-state index contributed by atoms with van der Waals surface area (Å²) in [5.41, 5.74) is 1.15. The van der Waals surface area contributed by atoms with Gasteiger partial charge in [-0.2, -0.15) is 4.31 Å². The number of hydrogen-bond donors (Lipinski definition) is 2. The highest BCUT2D eigenvalue weighted by atomic mass is 32.2. The standard InChI is InChI=1S/C23H31N3O4S/c1-5-26(6-2)31(29,30)20-14-10-13-19(15-20)22(27)25-21(17(3)4)23(28)24-16-18-11-8-7-9-12-18/h7-15,17,21H,5-6,16H2,1-4H3,(H,24,28)(H,25,27)/t21-/m1/s1. The van der Waals surface area contributed by atoms with Gasteiger partial charge in [0.1, 0.15) is 6.04 Å². The van der Waals surface area contributed by atoms with Crippen LogP contribution in [0.2, 0.25) is 0 Å². The summed E-state index contributed by atoms with van der Waals surface area (Å²) in [6, 6.07) is 14.6. The maximum Gasteiger partial charge on any atom is 0.251 e. The Hall–Kier alpha value is -2.71. The minimum atomic E-state index is -3.68. The Bertz CT molecular complexity index is 987. The molecule has 0 aliphatic heterocycles. The van der Waals surface area contributed by atoms with Gasteiger partial charge in [-0.15, -0.1) is 0 Å². The highest BCUT2D eigenvalue weighted by Crippen LogP contribution is 2.17. The van der Waals surface area contributed by atoms with Gasteiger partial charge in [0.15, 0.2) is 0 Å². The largest absolute Gasteiger partial charge is 0.350 e. The van der Waals surface area contributed by atoms with Crippen LogP contribution >= 0.6 is 0 Å². The first kappa shape index (κ1) is 24.6. The number of nitrogens with one attached hydrogen (secondary N) is 2. The van der Waals surface area contributed by atoms with E-state index in [2.05, 4.69) is 10.6 Å². The normalized spacial score (nSPS) is 12.6. The quantitative estimate of drug-likeness (QED) is 0.588. The summed E-state index contributed by atoms with van der Waals surface area (Å²) in [7, 11) is -3.68. The molecule has 0 bridgehead atoms. The van der Waals surface area contributed by atoms with E-state index in [0.717, 1.165) is 5.56 Å². The van der Waals surface area contributed by atoms with Crippen molar-refractivity contribution in [1.29, 1.82) is 0 Å². The number of nitrogens with zero attached hydrogens (tertiary/aromatic N) is 1. The van der Waals surface area contributed by atoms with Gasteiger partial charge < -0.3 is 10.6 Å². The molecule has 1 atom stereocenters. The second-order valence-corrected chi connectivity index (χ2v) is 9.45. The lowest BCUT2D eigenvalue weighted by atomic mass is 10.0. The van der Waals surface area contributed by atoms with E-state index in [1.54, 1.807) is 13.8 Å². The van der Waals surface area contributed by atoms with E-state index < -0.39 is 22.0 Å². The fourth-order valence-electron chi connectivity index (χ4n) is 3.16. The lowest BCUT2D eigenvalue weighted by Crippen LogP contribution is -2.49. The van der Waals surface area contributed by atoms with E-state index in [0.29, 0.717) is 19.6 Å². The van der Waals surface area contributed by atoms with Crippen molar-refractivity contribution in [2.45, 2.75) is 45.2 Å². The van der Waals surface area contributed by atoms with Crippen LogP contribution in [0.15, 0.2) is 59.5 Å². The second-order valence-electron chi connectivity index (χ2n) is 7.52. The van der Waals surface area contributed by atoms with Crippen molar-refractivity contribution in [3.05, 3.63) is 65.7 Å². The second kappa shape index (κ2) is 11.1. The van der Waals surface area contributed by atoms with E-state index >= 15 is 0 Å². The Labute approximate surface area is 184 Å². The molecule has 0 fully saturated rings. The summed E-state index contributed by atoms with van der Waals surface area (Å²) >= 11 is 0. The van der Waals surface area contributed by atoms with Gasteiger partial charge in [0.05, 0.1) is 4.90 Å². The highest BCUT2D eigenvalue weighted by Gasteiger charge is 2.26. The van der Waals surface area contributed by atoms with Gasteiger partial charge in [0.2, 0.25) is 15.9 Å². The van der Waals surface area contributed by atoms with Crippen molar-refractivity contribution in [2.24, 2.45) is 5.92 Å². The van der Waals surface area contributed by atoms with Crippen LogP contribution in [-0.4, -0.2) is 43.7 Å². The maximum atomic E-state index is 12.8. The maximum absolute atomic E-state index is 12.8. The number of sulfonamides is 1. The van der Waals surface area contributed by atoms with Gasteiger partial charge >= 0.3 is 0 Å². The molecule has 168 valence electrons. The molecule has 31 heavy (non-hydrogen) atoms. The molecule has 0 aromatic heterocycles. The molecule has 0 aliphatic rings. The monoisotopic (exact) mass is 445 g/mol. The summed E-state index contributed by atoms with van der Waals surface area (Å²) in [4.78, 5) is 25.6. The van der Waals surface area contributed by atoms with Crippen LogP contribution in [0.3, 0.4) is 0 Å². The first-order valence-corrected chi connectivity index (χ1v) is 11.9. The Morgan fingerprint density at radius 3 is 2.19 bits per heavy atom. The third-order valence-electron chi connectivity index (χ3n) is 4.98. The lowest BCUT2D eigenvalue weighted by molar-refractivity contribution is -0.124. The summed E-state index contributed by atoms with van der Waals surface area (Å²) < 4.78 is 26.8. The third-order valence-corrected chi connectivity index (χ3v) is 7.03. The van der Waals surface area contributed by atoms with E-state index in [1.165, 1.54) is 28.6 Å². The zero-order valence-corrected chi connectivity index (χ0v) is 19.3. The SMILES string of the molecule is CCN(CC)S(=O)(=O)c1cccc(C(=O)N[C@@H](C(=O)NCc2ccccc2)C(C)C)c1. The molecule has 2 N–H and O–H groups in total. The predicted molar refractivity (Wildman–Crippen MR) is 121 cm³/mol. The fourth-order valence-corrected chi connectivity index (χ4v) is 4.67. The molecular weight excluding hydrogens is 414 g/mol. The Morgan fingerprint density at radius 2 is 1.61 bits per heavy atom. The molecule has 0 aliphatic carbocycles. The molecule has 2 aromatic carbocycles. The molecule has 0 saturated heterocycles. The van der Waals surface area contributed by atoms with Crippen LogP contribution < -0.4 is 10.6 Å². The Kier molecular flexibility index (Phi) is 8.76. The smallest absolute Gasteiger partial charge is 0.251 e. The summed E-state index contributed by atoms with van der Waals surface area (Å²) in [6.45, 7) is 8.25. The van der Waals surface area contributed by atoms with Gasteiger partial charge in [0, 0.05) is 25.2 Å². The minimum absolute atomic E-state index is 0.0541. The molecule has 0 heterocycles. The van der Waals surface area contributed by atoms with Crippen LogP contribution in [0.5, 0.6) is 0 Å². The molecule has 2 aromatic rings. The van der Waals surface area contributed by atoms with Gasteiger partial charge in [-0.25, -0.2) is 8.42 Å². The summed E-state index contributed by atoms with van der Waals surface area (Å²) in [5, 5.41) is 5.59. The number of rotatable bonds is 10. The number of benzene rings is 2. The first-order valence-electron chi connectivity index (χ1n) is 10.4. The van der Waals surface area contributed by atoms with Crippen LogP contribution in [0.25, 0.3) is 0 Å². The third kappa shape index (κ3) is 6.38. The predicted octanol–water partition coefficient (Wildman–Crippen LogP) is 2.79. The lowest BCUT2D eigenvalue weighted by Gasteiger charge is -2.22. The zero-order chi connectivity index (χ0) is 23.0. The summed E-state index contributed by atoms with van der Waals surface area (Å²) in [6.07, 6.45) is 0. The van der Waals surface area contributed by atoms with Crippen molar-refractivity contribution in [2.75, 3.05) is 13.1 Å². The van der Waals surface area contributed by atoms with Crippen LogP contribution in [0.1, 0.15) is 43.6 Å². The van der Waals surface area contributed by atoms with E-state index in [1.807, 2.05) is 44.2 Å². The first-order chi connectivity index (χ1) is 14.7. The molecule has 7 nitrogen and oxygen atoms in total. The van der Waals surface area contributed by atoms with Crippen LogP contribution in [-0.2, 0) is 21.4 Å². The number of carbonyl (C=O) groups is 2. The van der Waals surface area contributed by atoms with E-state index in [9.17, 15) is 18.0 Å². The Balaban J connectivity index is 2.15. The van der Waals surface area contributed by atoms with Crippen molar-refractivity contribution in [3.63, 3.8) is 0 Å². The van der Waals surface area contributed by atoms with Crippen molar-refractivity contribution >= 4 is 21.8 Å². The molecule has 0 saturated carbocycles. The summed E-state index contributed by atoms with van der Waals surface area (Å²) in [5.74, 6) is -0.938. The minimum Gasteiger partial charge on any atom is -0.350 e. The van der Waals surface area contributed by atoms with Crippen molar-refractivity contribution < 1.29 is 18.0 Å². The van der Waals surface area contributed by atoms with Gasteiger partial charge in [-0.1, -0.05) is 64.1 Å². The molecule has 2 amide bonds. The van der Waals surface area contributed by atoms with Crippen molar-refractivity contribution in [1.82, 2.24) is 14.9 Å². The molecule has 2 rings (SSSR count). The fraction of sp³-hybridized carbons (Fsp3) is 0.391. The molecule has 0 radical (unpaired) electrons. The molecule has 0 spiro atoms. The van der Waals surface area contributed by atoms with Crippen molar-refractivity contribution in [3.8, 4) is 0 Å². The Morgan fingerprint density at radius 1 is 0.968 bits per heavy atom.